The van der Waals surface area contributed by atoms with Gasteiger partial charge in [-0.15, -0.1) is 0 Å². The van der Waals surface area contributed by atoms with Gasteiger partial charge >= 0.3 is 0 Å². The molecule has 0 N–H and O–H groups in total. The van der Waals surface area contributed by atoms with Crippen LogP contribution in [0.1, 0.15) is 83.5 Å². The number of aryl methyl sites for hydroxylation is 1. The molecule has 0 amide bonds. The third-order valence-electron chi connectivity index (χ3n) is 12.3. The van der Waals surface area contributed by atoms with Gasteiger partial charge in [0.1, 0.15) is 61.8 Å². The summed E-state index contributed by atoms with van der Waals surface area (Å²) < 4.78 is 33.1. The average Bonchev–Trinajstić information content (AvgIpc) is 3.42. The van der Waals surface area contributed by atoms with E-state index in [1.807, 2.05) is 103 Å². The first-order valence-electron chi connectivity index (χ1n) is 23.9. The molecule has 0 radical (unpaired) electrons. The minimum absolute atomic E-state index is 0.371. The van der Waals surface area contributed by atoms with E-state index in [4.69, 9.17) is 23.7 Å². The fraction of sp³-hybridized carbons (Fsp3) is 0.121. The number of hydrogen-bond donors (Lipinski definition) is 0. The van der Waals surface area contributed by atoms with Crippen LogP contribution in [-0.2, 0) is 45.9 Å². The molecular weight excluding hydrogens is 873 g/mol. The van der Waals surface area contributed by atoms with E-state index < -0.39 is 0 Å². The maximum absolute atomic E-state index is 6.98. The predicted octanol–water partition coefficient (Wildman–Crippen LogP) is 16.3. The van der Waals surface area contributed by atoms with Crippen molar-refractivity contribution in [1.82, 2.24) is 0 Å². The molecule has 0 atom stereocenters. The summed E-state index contributed by atoms with van der Waals surface area (Å²) in [5.41, 5.74) is 15.7. The van der Waals surface area contributed by atoms with Crippen LogP contribution in [0.25, 0.3) is 30.4 Å². The van der Waals surface area contributed by atoms with Crippen molar-refractivity contribution in [2.45, 2.75) is 52.8 Å². The van der Waals surface area contributed by atoms with Gasteiger partial charge in [0.05, 0.1) is 0 Å². The number of ether oxygens (including phenoxy) is 5. The van der Waals surface area contributed by atoms with Gasteiger partial charge in [-0.3, -0.25) is 0 Å². The second kappa shape index (κ2) is 24.1. The van der Waals surface area contributed by atoms with Crippen molar-refractivity contribution >= 4 is 30.4 Å². The van der Waals surface area contributed by atoms with Crippen molar-refractivity contribution in [2.24, 2.45) is 0 Å². The third kappa shape index (κ3) is 13.6. The zero-order chi connectivity index (χ0) is 49.4. The highest BCUT2D eigenvalue weighted by atomic mass is 16.5. The van der Waals surface area contributed by atoms with E-state index in [0.717, 1.165) is 101 Å². The molecule has 5 nitrogen and oxygen atoms in total. The molecule has 0 aromatic heterocycles. The highest BCUT2D eigenvalue weighted by Crippen LogP contribution is 2.37. The van der Waals surface area contributed by atoms with Gasteiger partial charge in [0.2, 0.25) is 0 Å². The van der Waals surface area contributed by atoms with Gasteiger partial charge in [0, 0.05) is 25.0 Å². The summed E-state index contributed by atoms with van der Waals surface area (Å²) in [5.74, 6) is 3.70. The monoisotopic (exact) mass is 932 g/mol. The van der Waals surface area contributed by atoms with Gasteiger partial charge in [-0.2, -0.15) is 0 Å². The lowest BCUT2D eigenvalue weighted by molar-refractivity contribution is 0.287. The minimum atomic E-state index is 0.371. The lowest BCUT2D eigenvalue weighted by Gasteiger charge is -2.21. The van der Waals surface area contributed by atoms with Crippen LogP contribution < -0.4 is 23.7 Å². The summed E-state index contributed by atoms with van der Waals surface area (Å²) in [6.07, 6.45) is 10.3. The molecular formula is C66H60O5. The van der Waals surface area contributed by atoms with Crippen molar-refractivity contribution in [3.63, 3.8) is 0 Å². The first kappa shape index (κ1) is 48.9. The van der Waals surface area contributed by atoms with Crippen molar-refractivity contribution in [2.75, 3.05) is 0 Å². The molecule has 0 aliphatic carbocycles. The van der Waals surface area contributed by atoms with E-state index in [2.05, 4.69) is 137 Å². The number of hydrogen-bond acceptors (Lipinski definition) is 5. The number of rotatable bonds is 24. The molecule has 0 saturated heterocycles. The SMILES string of the molecule is C=Cc1ccc(COc2ccc(Cc3cc(C)cc(Cc4ccc(OCc5ccc(C=C)cc5)cc4OCc4ccc(C=C)cc4)c3OCc3ccc(C=C)cc3)c(OCc3ccc(C=C)cc3)c2)cc1. The van der Waals surface area contributed by atoms with Gasteiger partial charge in [-0.1, -0.05) is 214 Å². The molecule has 0 fully saturated rings. The zero-order valence-electron chi connectivity index (χ0n) is 40.6. The molecule has 0 unspecified atom stereocenters. The van der Waals surface area contributed by atoms with Crippen LogP contribution in [0, 0.1) is 6.92 Å². The molecule has 8 aromatic rings. The second-order valence-electron chi connectivity index (χ2n) is 17.5. The van der Waals surface area contributed by atoms with Crippen LogP contribution in [0.3, 0.4) is 0 Å². The molecule has 5 heteroatoms. The Balaban J connectivity index is 1.14. The van der Waals surface area contributed by atoms with E-state index in [1.54, 1.807) is 0 Å². The van der Waals surface area contributed by atoms with E-state index in [0.29, 0.717) is 57.4 Å². The predicted molar refractivity (Wildman–Crippen MR) is 294 cm³/mol. The first-order chi connectivity index (χ1) is 34.8. The van der Waals surface area contributed by atoms with Crippen molar-refractivity contribution in [3.8, 4) is 28.7 Å². The molecule has 0 spiro atoms. The Hall–Kier alpha value is -8.54. The fourth-order valence-electron chi connectivity index (χ4n) is 8.16. The highest BCUT2D eigenvalue weighted by molar-refractivity contribution is 5.55. The Bertz CT molecular complexity index is 2910. The number of benzene rings is 8. The van der Waals surface area contributed by atoms with Crippen LogP contribution in [0.5, 0.6) is 28.7 Å². The molecule has 8 aromatic carbocycles. The fourth-order valence-corrected chi connectivity index (χ4v) is 8.16. The van der Waals surface area contributed by atoms with Crippen LogP contribution in [-0.4, -0.2) is 0 Å². The van der Waals surface area contributed by atoms with Gasteiger partial charge in [-0.05, 0) is 96.9 Å². The van der Waals surface area contributed by atoms with Crippen molar-refractivity contribution < 1.29 is 23.7 Å². The first-order valence-corrected chi connectivity index (χ1v) is 23.9. The Kier molecular flexibility index (Phi) is 16.6. The topological polar surface area (TPSA) is 46.2 Å². The zero-order valence-corrected chi connectivity index (χ0v) is 40.6. The normalized spacial score (nSPS) is 10.7. The lowest BCUT2D eigenvalue weighted by atomic mass is 9.94. The summed E-state index contributed by atoms with van der Waals surface area (Å²) in [4.78, 5) is 0. The Morgan fingerprint density at radius 2 is 0.592 bits per heavy atom. The van der Waals surface area contributed by atoms with Crippen LogP contribution in [0.15, 0.2) is 203 Å². The summed E-state index contributed by atoms with van der Waals surface area (Å²) in [6, 6.07) is 57.9. The summed E-state index contributed by atoms with van der Waals surface area (Å²) in [5, 5.41) is 0. The quantitative estimate of drug-likeness (QED) is 0.0604. The Morgan fingerprint density at radius 3 is 0.887 bits per heavy atom. The average molecular weight is 933 g/mol. The van der Waals surface area contributed by atoms with Crippen LogP contribution in [0.4, 0.5) is 0 Å². The molecule has 8 rings (SSSR count). The Morgan fingerprint density at radius 1 is 0.310 bits per heavy atom. The smallest absolute Gasteiger partial charge is 0.127 e. The van der Waals surface area contributed by atoms with Crippen LogP contribution in [0.2, 0.25) is 0 Å². The molecule has 354 valence electrons. The van der Waals surface area contributed by atoms with Gasteiger partial charge in [0.15, 0.2) is 0 Å². The molecule has 0 aliphatic heterocycles. The van der Waals surface area contributed by atoms with E-state index in [-0.39, 0.29) is 0 Å². The summed E-state index contributed by atoms with van der Waals surface area (Å²) in [6.45, 7) is 23.6. The maximum Gasteiger partial charge on any atom is 0.127 e. The maximum atomic E-state index is 6.98. The van der Waals surface area contributed by atoms with Crippen LogP contribution >= 0.6 is 0 Å². The molecule has 0 saturated carbocycles. The third-order valence-corrected chi connectivity index (χ3v) is 12.3. The van der Waals surface area contributed by atoms with E-state index in [1.165, 1.54) is 0 Å². The summed E-state index contributed by atoms with van der Waals surface area (Å²) in [7, 11) is 0. The minimum Gasteiger partial charge on any atom is -0.489 e. The van der Waals surface area contributed by atoms with Gasteiger partial charge in [0.25, 0.3) is 0 Å². The highest BCUT2D eigenvalue weighted by Gasteiger charge is 2.19. The van der Waals surface area contributed by atoms with E-state index in [9.17, 15) is 0 Å². The van der Waals surface area contributed by atoms with Gasteiger partial charge < -0.3 is 23.7 Å². The standard InChI is InChI=1S/C66H60O5/c1-7-48-12-22-53(23-13-48)42-67-62-34-32-58(64(40-62)69-44-55-26-16-50(9-3)17-27-55)38-60-36-47(6)37-61(66(60)71-46-57-30-20-52(11-5)21-31-57)39-59-33-35-63(68-43-54-24-14-49(8-2)15-25-54)41-65(59)70-45-56-28-18-51(10-4)19-29-56/h7-37,40-41H,1-5,38-39,42-46H2,6H3. The molecule has 0 bridgehead atoms. The van der Waals surface area contributed by atoms with Crippen molar-refractivity contribution in [1.29, 1.82) is 0 Å². The molecule has 71 heavy (non-hydrogen) atoms. The largest absolute Gasteiger partial charge is 0.489 e. The van der Waals surface area contributed by atoms with E-state index >= 15 is 0 Å². The molecule has 0 aliphatic rings. The van der Waals surface area contributed by atoms with Crippen molar-refractivity contribution in [3.05, 3.63) is 286 Å². The van der Waals surface area contributed by atoms with Gasteiger partial charge in [-0.25, -0.2) is 0 Å². The molecule has 0 heterocycles. The summed E-state index contributed by atoms with van der Waals surface area (Å²) >= 11 is 0. The lowest BCUT2D eigenvalue weighted by Crippen LogP contribution is -2.07. The second-order valence-corrected chi connectivity index (χ2v) is 17.5. The Labute approximate surface area is 420 Å².